The topological polar surface area (TPSA) is 102 Å². The number of nitrogens with zero attached hydrogens (tertiary/aromatic N) is 1. The van der Waals surface area contributed by atoms with Crippen molar-refractivity contribution in [2.24, 2.45) is 0 Å². The molecule has 7 heteroatoms. The lowest BCUT2D eigenvalue weighted by molar-refractivity contribution is -0.385. The molecular weight excluding hydrogens is 276 g/mol. The quantitative estimate of drug-likeness (QED) is 0.653. The maximum atomic E-state index is 11.1. The molecule has 0 aliphatic carbocycles. The molecule has 1 atom stereocenters. The average Bonchev–Trinajstić information content (AvgIpc) is 2.41. The first-order chi connectivity index (χ1) is 9.82. The summed E-state index contributed by atoms with van der Waals surface area (Å²) in [5, 5.41) is 23.4. The highest BCUT2D eigenvalue weighted by Crippen LogP contribution is 2.32. The van der Waals surface area contributed by atoms with Crippen LogP contribution in [-0.4, -0.2) is 34.8 Å². The second-order valence-electron chi connectivity index (χ2n) is 5.57. The molecule has 0 spiro atoms. The molecule has 2 N–H and O–H groups in total. The molecule has 1 fully saturated rings. The predicted octanol–water partition coefficient (Wildman–Crippen LogP) is 2.58. The van der Waals surface area contributed by atoms with Crippen LogP contribution in [0, 0.1) is 17.0 Å². The van der Waals surface area contributed by atoms with Gasteiger partial charge in [0.05, 0.1) is 22.6 Å². The Morgan fingerprint density at radius 1 is 1.52 bits per heavy atom. The number of nitrogens with one attached hydrogen (secondary N) is 1. The third-order valence-electron chi connectivity index (χ3n) is 3.70. The number of nitro groups is 1. The molecule has 1 aliphatic heterocycles. The number of hydrogen-bond donors (Lipinski definition) is 2. The fraction of sp³-hybridized carbons (Fsp3) is 0.500. The summed E-state index contributed by atoms with van der Waals surface area (Å²) in [6.07, 6.45) is 1.75. The highest BCUT2D eigenvalue weighted by molar-refractivity contribution is 5.90. The number of carboxylic acid groups (broad SMARTS) is 1. The Hall–Kier alpha value is -2.15. The van der Waals surface area contributed by atoms with Crippen LogP contribution in [0.15, 0.2) is 12.1 Å². The molecule has 1 aromatic rings. The van der Waals surface area contributed by atoms with Crippen molar-refractivity contribution in [3.8, 4) is 0 Å². The van der Waals surface area contributed by atoms with Gasteiger partial charge in [0, 0.05) is 23.9 Å². The van der Waals surface area contributed by atoms with Crippen LogP contribution in [0.2, 0.25) is 0 Å². The van der Waals surface area contributed by atoms with Crippen molar-refractivity contribution in [3.05, 3.63) is 33.4 Å². The molecule has 1 aromatic carbocycles. The summed E-state index contributed by atoms with van der Waals surface area (Å²) in [6, 6.07) is 2.52. The van der Waals surface area contributed by atoms with Gasteiger partial charge in [-0.2, -0.15) is 0 Å². The van der Waals surface area contributed by atoms with Gasteiger partial charge in [-0.25, -0.2) is 4.79 Å². The lowest BCUT2D eigenvalue weighted by Crippen LogP contribution is -2.43. The van der Waals surface area contributed by atoms with Crippen LogP contribution >= 0.6 is 0 Å². The molecule has 0 bridgehead atoms. The molecule has 0 saturated carbocycles. The predicted molar refractivity (Wildman–Crippen MR) is 76.9 cm³/mol. The Morgan fingerprint density at radius 3 is 2.76 bits per heavy atom. The van der Waals surface area contributed by atoms with Crippen molar-refractivity contribution in [3.63, 3.8) is 0 Å². The zero-order valence-electron chi connectivity index (χ0n) is 12.0. The number of hydrogen-bond acceptors (Lipinski definition) is 5. The molecule has 1 heterocycles. The normalized spacial score (nSPS) is 21.8. The van der Waals surface area contributed by atoms with Crippen molar-refractivity contribution in [2.75, 3.05) is 18.5 Å². The van der Waals surface area contributed by atoms with Crippen LogP contribution in [0.25, 0.3) is 0 Å². The largest absolute Gasteiger partial charge is 0.478 e. The van der Waals surface area contributed by atoms with E-state index in [4.69, 9.17) is 9.84 Å². The standard InChI is InChI=1S/C14H18N2O5/c1-9-11(15-14(2)4-3-5-21-8-14)6-10(13(17)18)7-12(9)16(19)20/h6-7,15H,3-5,8H2,1-2H3,(H,17,18). The second-order valence-corrected chi connectivity index (χ2v) is 5.57. The number of nitro benzene ring substituents is 1. The molecule has 0 amide bonds. The Morgan fingerprint density at radius 2 is 2.24 bits per heavy atom. The minimum Gasteiger partial charge on any atom is -0.478 e. The number of ether oxygens (including phenoxy) is 1. The van der Waals surface area contributed by atoms with Gasteiger partial charge >= 0.3 is 5.97 Å². The zero-order chi connectivity index (χ0) is 15.6. The molecule has 0 radical (unpaired) electrons. The second kappa shape index (κ2) is 5.69. The summed E-state index contributed by atoms with van der Waals surface area (Å²) in [6.45, 7) is 4.76. The van der Waals surface area contributed by atoms with E-state index in [2.05, 4.69) is 5.32 Å². The van der Waals surface area contributed by atoms with E-state index in [0.717, 1.165) is 18.9 Å². The van der Waals surface area contributed by atoms with E-state index in [1.54, 1.807) is 6.92 Å². The summed E-state index contributed by atoms with van der Waals surface area (Å²) in [7, 11) is 0. The number of aromatic carboxylic acids is 1. The van der Waals surface area contributed by atoms with Crippen molar-refractivity contribution in [2.45, 2.75) is 32.2 Å². The van der Waals surface area contributed by atoms with Gasteiger partial charge in [-0.3, -0.25) is 10.1 Å². The van der Waals surface area contributed by atoms with Gasteiger partial charge in [-0.15, -0.1) is 0 Å². The van der Waals surface area contributed by atoms with Crippen LogP contribution in [0.1, 0.15) is 35.7 Å². The maximum Gasteiger partial charge on any atom is 0.336 e. The van der Waals surface area contributed by atoms with E-state index >= 15 is 0 Å². The third-order valence-corrected chi connectivity index (χ3v) is 3.70. The summed E-state index contributed by atoms with van der Waals surface area (Å²) < 4.78 is 5.44. The van der Waals surface area contributed by atoms with Crippen molar-refractivity contribution in [1.29, 1.82) is 0 Å². The van der Waals surface area contributed by atoms with E-state index in [1.165, 1.54) is 6.07 Å². The number of carbonyl (C=O) groups is 1. The highest BCUT2D eigenvalue weighted by Gasteiger charge is 2.29. The molecule has 2 rings (SSSR count). The summed E-state index contributed by atoms with van der Waals surface area (Å²) in [5.41, 5.74) is 0.243. The molecule has 0 aromatic heterocycles. The van der Waals surface area contributed by atoms with Crippen molar-refractivity contribution < 1.29 is 19.6 Å². The lowest BCUT2D eigenvalue weighted by atomic mass is 9.93. The van der Waals surface area contributed by atoms with E-state index in [9.17, 15) is 14.9 Å². The van der Waals surface area contributed by atoms with Crippen molar-refractivity contribution >= 4 is 17.3 Å². The zero-order valence-corrected chi connectivity index (χ0v) is 12.0. The summed E-state index contributed by atoms with van der Waals surface area (Å²) >= 11 is 0. The Bertz CT molecular complexity index is 579. The Balaban J connectivity index is 2.41. The molecule has 1 unspecified atom stereocenters. The van der Waals surface area contributed by atoms with E-state index in [1.807, 2.05) is 6.92 Å². The maximum absolute atomic E-state index is 11.1. The van der Waals surface area contributed by atoms with Gasteiger partial charge in [0.25, 0.3) is 5.69 Å². The number of anilines is 1. The fourth-order valence-electron chi connectivity index (χ4n) is 2.50. The minimum atomic E-state index is -1.19. The average molecular weight is 294 g/mol. The fourth-order valence-corrected chi connectivity index (χ4v) is 2.50. The summed E-state index contributed by atoms with van der Waals surface area (Å²) in [5.74, 6) is -1.19. The highest BCUT2D eigenvalue weighted by atomic mass is 16.6. The Kier molecular flexibility index (Phi) is 4.13. The number of rotatable bonds is 4. The Labute approximate surface area is 122 Å². The SMILES string of the molecule is Cc1c(NC2(C)CCCOC2)cc(C(=O)O)cc1[N+](=O)[O-]. The van der Waals surface area contributed by atoms with Crippen molar-refractivity contribution in [1.82, 2.24) is 0 Å². The number of carboxylic acids is 1. The van der Waals surface area contributed by atoms with Gasteiger partial charge in [0.1, 0.15) is 0 Å². The number of benzene rings is 1. The van der Waals surface area contributed by atoms with Crippen LogP contribution in [0.4, 0.5) is 11.4 Å². The first-order valence-electron chi connectivity index (χ1n) is 6.71. The van der Waals surface area contributed by atoms with E-state index < -0.39 is 10.9 Å². The van der Waals surface area contributed by atoms with Gasteiger partial charge < -0.3 is 15.2 Å². The summed E-state index contributed by atoms with van der Waals surface area (Å²) in [4.78, 5) is 21.7. The van der Waals surface area contributed by atoms with Crippen LogP contribution in [0.5, 0.6) is 0 Å². The molecular formula is C14H18N2O5. The molecule has 114 valence electrons. The van der Waals surface area contributed by atoms with E-state index in [0.29, 0.717) is 24.5 Å². The monoisotopic (exact) mass is 294 g/mol. The van der Waals surface area contributed by atoms with Gasteiger partial charge in [0.2, 0.25) is 0 Å². The van der Waals surface area contributed by atoms with E-state index in [-0.39, 0.29) is 16.8 Å². The molecule has 7 nitrogen and oxygen atoms in total. The first-order valence-corrected chi connectivity index (χ1v) is 6.71. The van der Waals surface area contributed by atoms with Crippen LogP contribution in [0.3, 0.4) is 0 Å². The molecule has 1 saturated heterocycles. The van der Waals surface area contributed by atoms with Gasteiger partial charge in [-0.1, -0.05) is 0 Å². The van der Waals surface area contributed by atoms with Crippen LogP contribution < -0.4 is 5.32 Å². The smallest absolute Gasteiger partial charge is 0.336 e. The molecule has 21 heavy (non-hydrogen) atoms. The van der Waals surface area contributed by atoms with Crippen LogP contribution in [-0.2, 0) is 4.74 Å². The lowest BCUT2D eigenvalue weighted by Gasteiger charge is -2.35. The first kappa shape index (κ1) is 15.2. The minimum absolute atomic E-state index is 0.102. The van der Waals surface area contributed by atoms with Gasteiger partial charge in [-0.05, 0) is 32.8 Å². The van der Waals surface area contributed by atoms with Gasteiger partial charge in [0.15, 0.2) is 0 Å². The third kappa shape index (κ3) is 3.30. The molecule has 1 aliphatic rings.